The summed E-state index contributed by atoms with van der Waals surface area (Å²) in [5, 5.41) is 60.0. The van der Waals surface area contributed by atoms with Crippen molar-refractivity contribution in [3.63, 3.8) is 0 Å². The van der Waals surface area contributed by atoms with Crippen LogP contribution in [0, 0.1) is 46.0 Å². The SMILES string of the molecule is CC(=N/N=C(\N)c1ccccn1)/C(C)=N/N=C(\[NH-])c1ccccn1.O=[N+]([O-])[O-].O=[N+]([O-])[O-].O=[N+]([O-])[O-].[Cu+2].[Cu+2]. The number of nitrogens with one attached hydrogen (secondary N) is 1. The van der Waals surface area contributed by atoms with Crippen LogP contribution >= 0.6 is 0 Å². The molecule has 0 atom stereocenters. The van der Waals surface area contributed by atoms with Gasteiger partial charge in [0.2, 0.25) is 0 Å². The van der Waals surface area contributed by atoms with Crippen LogP contribution in [0.3, 0.4) is 0 Å². The van der Waals surface area contributed by atoms with Crippen LogP contribution in [0.1, 0.15) is 25.2 Å². The van der Waals surface area contributed by atoms with Gasteiger partial charge in [-0.05, 0) is 43.9 Å². The maximum atomic E-state index is 8.25. The van der Waals surface area contributed by atoms with Gasteiger partial charge in [0.15, 0.2) is 5.84 Å². The van der Waals surface area contributed by atoms with Gasteiger partial charge in [0, 0.05) is 12.4 Å². The monoisotopic (exact) mass is 633 g/mol. The number of hydrogen-bond donors (Lipinski definition) is 1. The summed E-state index contributed by atoms with van der Waals surface area (Å²) < 4.78 is 0. The Labute approximate surface area is 234 Å². The summed E-state index contributed by atoms with van der Waals surface area (Å²) in [4.78, 5) is 32.9. The number of hydrogen-bond acceptors (Lipinski definition) is 15. The Kier molecular flexibility index (Phi) is 25.4. The van der Waals surface area contributed by atoms with Gasteiger partial charge in [-0.1, -0.05) is 12.1 Å². The van der Waals surface area contributed by atoms with E-state index in [9.17, 15) is 0 Å². The van der Waals surface area contributed by atoms with E-state index in [2.05, 4.69) is 30.4 Å². The maximum absolute atomic E-state index is 8.25. The van der Waals surface area contributed by atoms with Crippen LogP contribution in [0.4, 0.5) is 0 Å². The molecule has 2 rings (SSSR count). The average molecular weight is 634 g/mol. The first-order valence-electron chi connectivity index (χ1n) is 8.77. The Bertz CT molecular complexity index is 993. The molecule has 0 aliphatic rings. The molecule has 2 radical (unpaired) electrons. The van der Waals surface area contributed by atoms with E-state index in [-0.39, 0.29) is 45.8 Å². The predicted molar refractivity (Wildman–Crippen MR) is 127 cm³/mol. The quantitative estimate of drug-likeness (QED) is 0.161. The van der Waals surface area contributed by atoms with Crippen molar-refractivity contribution < 1.29 is 49.4 Å². The summed E-state index contributed by atoms with van der Waals surface area (Å²) in [6.07, 6.45) is 3.22. The molecule has 0 saturated heterocycles. The smallest absolute Gasteiger partial charge is 0.479 e. The third-order valence-corrected chi connectivity index (χ3v) is 2.97. The minimum absolute atomic E-state index is 0. The third kappa shape index (κ3) is 25.8. The van der Waals surface area contributed by atoms with E-state index in [0.717, 1.165) is 0 Å². The van der Waals surface area contributed by atoms with Crippen LogP contribution in [0.25, 0.3) is 5.73 Å². The fraction of sp³-hybridized carbons (Fsp3) is 0.125. The Morgan fingerprint density at radius 1 is 0.711 bits per heavy atom. The Morgan fingerprint density at radius 2 is 1.05 bits per heavy atom. The summed E-state index contributed by atoms with van der Waals surface area (Å²) in [6, 6.07) is 10.6. The summed E-state index contributed by atoms with van der Waals surface area (Å²) in [6.45, 7) is 3.45. The van der Waals surface area contributed by atoms with Gasteiger partial charge < -0.3 is 62.5 Å². The minimum atomic E-state index is -1.75. The fourth-order valence-corrected chi connectivity index (χ4v) is 1.52. The number of amidine groups is 2. The van der Waals surface area contributed by atoms with E-state index >= 15 is 0 Å². The van der Waals surface area contributed by atoms with Crippen LogP contribution in [0.15, 0.2) is 69.2 Å². The molecule has 0 aliphatic heterocycles. The van der Waals surface area contributed by atoms with Crippen molar-refractivity contribution in [2.24, 2.45) is 26.1 Å². The number of pyridine rings is 2. The second kappa shape index (κ2) is 23.9. The molecular formula is C16H17Cu2N11O9. The van der Waals surface area contributed by atoms with Crippen LogP contribution in [0.2, 0.25) is 0 Å². The zero-order valence-corrected chi connectivity index (χ0v) is 20.9. The third-order valence-electron chi connectivity index (χ3n) is 2.97. The van der Waals surface area contributed by atoms with E-state index < -0.39 is 15.3 Å². The first kappa shape index (κ1) is 40.4. The molecule has 0 fully saturated rings. The number of nitrogens with zero attached hydrogens (tertiary/aromatic N) is 9. The first-order valence-corrected chi connectivity index (χ1v) is 8.77. The Balaban J connectivity index is -0.000000349. The van der Waals surface area contributed by atoms with Gasteiger partial charge in [0.05, 0.1) is 32.4 Å². The Morgan fingerprint density at radius 3 is 1.39 bits per heavy atom. The molecule has 2 heterocycles. The molecule has 0 bridgehead atoms. The number of nitrogens with two attached hydrogens (primary N) is 1. The first-order chi connectivity index (χ1) is 16.8. The topological polar surface area (TPSA) is 324 Å². The van der Waals surface area contributed by atoms with Gasteiger partial charge in [-0.25, -0.2) is 0 Å². The van der Waals surface area contributed by atoms with Gasteiger partial charge in [0.25, 0.3) is 0 Å². The van der Waals surface area contributed by atoms with E-state index in [1.807, 2.05) is 6.07 Å². The average Bonchev–Trinajstić information content (AvgIpc) is 2.80. The molecule has 0 amide bonds. The molecular weight excluding hydrogens is 617 g/mol. The van der Waals surface area contributed by atoms with Gasteiger partial charge in [0.1, 0.15) is 5.69 Å². The van der Waals surface area contributed by atoms with Crippen molar-refractivity contribution in [1.82, 2.24) is 9.97 Å². The fourth-order valence-electron chi connectivity index (χ4n) is 1.52. The van der Waals surface area contributed by atoms with Crippen molar-refractivity contribution in [1.29, 1.82) is 0 Å². The second-order valence-corrected chi connectivity index (χ2v) is 5.41. The minimum Gasteiger partial charge on any atom is -0.479 e. The van der Waals surface area contributed by atoms with Gasteiger partial charge in [-0.3, -0.25) is 15.1 Å². The second-order valence-electron chi connectivity index (χ2n) is 5.41. The molecule has 22 heteroatoms. The predicted octanol–water partition coefficient (Wildman–Crippen LogP) is 1.71. The molecule has 212 valence electrons. The van der Waals surface area contributed by atoms with Crippen LogP contribution in [0.5, 0.6) is 0 Å². The van der Waals surface area contributed by atoms with Gasteiger partial charge in [-0.15, -0.1) is 5.10 Å². The normalized spacial score (nSPS) is 10.7. The van der Waals surface area contributed by atoms with Crippen molar-refractivity contribution in [2.75, 3.05) is 0 Å². The molecule has 0 saturated carbocycles. The molecule has 2 aromatic heterocycles. The van der Waals surface area contributed by atoms with Crippen molar-refractivity contribution in [2.45, 2.75) is 13.8 Å². The van der Waals surface area contributed by atoms with Crippen LogP contribution in [-0.2, 0) is 34.1 Å². The van der Waals surface area contributed by atoms with Crippen LogP contribution in [-0.4, -0.2) is 48.3 Å². The molecule has 38 heavy (non-hydrogen) atoms. The zero-order valence-electron chi connectivity index (χ0n) is 19.0. The van der Waals surface area contributed by atoms with E-state index in [4.69, 9.17) is 57.4 Å². The van der Waals surface area contributed by atoms with Gasteiger partial charge >= 0.3 is 34.1 Å². The number of aromatic nitrogens is 2. The molecule has 0 unspecified atom stereocenters. The standard InChI is InChI=1S/C16H17N8.2Cu.3NO3/c1-11(21-23-15(17)13-7-3-5-9-19-13)12(2)22-24-16(18)14-8-4-6-10-20-14;;;3*2-1(3)4/h3-10H,1-2H3,(H3-,17,18,23,24);;;;;/q-1;2*+2;3*-1/b21-11-,22-12+;;;;;. The molecule has 2 aromatic rings. The van der Waals surface area contributed by atoms with Crippen molar-refractivity contribution >= 4 is 23.1 Å². The zero-order chi connectivity index (χ0) is 28.1. The van der Waals surface area contributed by atoms with Crippen LogP contribution < -0.4 is 5.73 Å². The molecule has 0 aromatic carbocycles. The van der Waals surface area contributed by atoms with Gasteiger partial charge in [-0.2, -0.15) is 5.10 Å². The molecule has 0 spiro atoms. The molecule has 3 N–H and O–H groups in total. The van der Waals surface area contributed by atoms with E-state index in [1.165, 1.54) is 0 Å². The van der Waals surface area contributed by atoms with E-state index in [0.29, 0.717) is 22.8 Å². The Hall–Kier alpha value is -4.78. The number of rotatable bonds is 5. The summed E-state index contributed by atoms with van der Waals surface area (Å²) >= 11 is 0. The summed E-state index contributed by atoms with van der Waals surface area (Å²) in [5.41, 5.74) is 15.7. The largest absolute Gasteiger partial charge is 2.00 e. The maximum Gasteiger partial charge on any atom is 2.00 e. The molecule has 0 aliphatic carbocycles. The summed E-state index contributed by atoms with van der Waals surface area (Å²) in [5.74, 6) is 0.181. The van der Waals surface area contributed by atoms with Crippen molar-refractivity contribution in [3.8, 4) is 0 Å². The van der Waals surface area contributed by atoms with Crippen molar-refractivity contribution in [3.05, 3.63) is 112 Å². The van der Waals surface area contributed by atoms with E-state index in [1.54, 1.807) is 56.6 Å². The molecule has 20 nitrogen and oxygen atoms in total. The summed E-state index contributed by atoms with van der Waals surface area (Å²) in [7, 11) is 0.